The number of alkyl halides is 1. The van der Waals surface area contributed by atoms with Crippen LogP contribution in [0, 0.1) is 5.41 Å². The van der Waals surface area contributed by atoms with Crippen molar-refractivity contribution in [1.82, 2.24) is 0 Å². The van der Waals surface area contributed by atoms with E-state index < -0.39 is 0 Å². The fourth-order valence-electron chi connectivity index (χ4n) is 1.93. The Morgan fingerprint density at radius 3 is 2.00 bits per heavy atom. The van der Waals surface area contributed by atoms with Crippen LogP contribution in [0.4, 0.5) is 0 Å². The first-order chi connectivity index (χ1) is 8.38. The Kier molecular flexibility index (Phi) is 9.81. The predicted octanol–water partition coefficient (Wildman–Crippen LogP) is 5.74. The van der Waals surface area contributed by atoms with Gasteiger partial charge in [-0.25, -0.2) is 0 Å². The second kappa shape index (κ2) is 9.83. The lowest BCUT2D eigenvalue weighted by atomic mass is 9.87. The van der Waals surface area contributed by atoms with E-state index in [1.165, 1.54) is 38.5 Å². The molecule has 0 bridgehead atoms. The number of rotatable bonds is 10. The largest absolute Gasteiger partial charge is 0.299 e. The fourth-order valence-corrected chi connectivity index (χ4v) is 2.23. The normalized spacial score (nSPS) is 13.6. The van der Waals surface area contributed by atoms with Crippen molar-refractivity contribution >= 4 is 17.4 Å². The molecule has 0 aliphatic carbocycles. The Bertz CT molecular complexity index is 218. The first-order valence-electron chi connectivity index (χ1n) is 7.55. The van der Waals surface area contributed by atoms with Crippen molar-refractivity contribution in [3.05, 3.63) is 0 Å². The van der Waals surface area contributed by atoms with Crippen LogP contribution < -0.4 is 0 Å². The fraction of sp³-hybridized carbons (Fsp3) is 0.938. The molecule has 108 valence electrons. The van der Waals surface area contributed by atoms with Gasteiger partial charge in [0.15, 0.2) is 0 Å². The van der Waals surface area contributed by atoms with E-state index in [9.17, 15) is 4.79 Å². The Labute approximate surface area is 119 Å². The highest BCUT2D eigenvalue weighted by molar-refractivity contribution is 6.21. The highest BCUT2D eigenvalue weighted by Gasteiger charge is 2.23. The van der Waals surface area contributed by atoms with Gasteiger partial charge in [-0.1, -0.05) is 72.6 Å². The maximum atomic E-state index is 11.8. The first-order valence-corrected chi connectivity index (χ1v) is 7.99. The number of halogens is 1. The number of carbonyl (C=O) groups excluding carboxylic acids is 1. The molecule has 0 saturated heterocycles. The van der Waals surface area contributed by atoms with Crippen LogP contribution in [0.3, 0.4) is 0 Å². The maximum absolute atomic E-state index is 11.8. The predicted molar refractivity (Wildman–Crippen MR) is 81.3 cm³/mol. The minimum atomic E-state index is -0.243. The molecule has 0 saturated carbocycles. The number of hydrogen-bond donors (Lipinski definition) is 0. The third kappa shape index (κ3) is 9.94. The molecule has 0 aliphatic heterocycles. The van der Waals surface area contributed by atoms with Crippen molar-refractivity contribution in [2.45, 2.75) is 90.9 Å². The Hall–Kier alpha value is -0.0400. The van der Waals surface area contributed by atoms with E-state index in [1.807, 2.05) is 20.8 Å². The zero-order chi connectivity index (χ0) is 14.0. The van der Waals surface area contributed by atoms with Crippen LogP contribution in [-0.2, 0) is 4.79 Å². The van der Waals surface area contributed by atoms with Crippen molar-refractivity contribution in [1.29, 1.82) is 0 Å². The lowest BCUT2D eigenvalue weighted by Gasteiger charge is -2.18. The topological polar surface area (TPSA) is 17.1 Å². The quantitative estimate of drug-likeness (QED) is 0.367. The molecule has 0 amide bonds. The highest BCUT2D eigenvalue weighted by Crippen LogP contribution is 2.22. The van der Waals surface area contributed by atoms with Gasteiger partial charge in [-0.3, -0.25) is 4.79 Å². The smallest absolute Gasteiger partial charge is 0.139 e. The molecule has 0 spiro atoms. The van der Waals surface area contributed by atoms with Crippen molar-refractivity contribution in [3.8, 4) is 0 Å². The molecule has 0 heterocycles. The molecule has 0 rings (SSSR count). The van der Waals surface area contributed by atoms with Gasteiger partial charge in [0.05, 0.1) is 0 Å². The van der Waals surface area contributed by atoms with Gasteiger partial charge in [0.1, 0.15) is 5.78 Å². The van der Waals surface area contributed by atoms with E-state index in [4.69, 9.17) is 11.6 Å². The van der Waals surface area contributed by atoms with Gasteiger partial charge in [0, 0.05) is 17.2 Å². The van der Waals surface area contributed by atoms with Gasteiger partial charge < -0.3 is 0 Å². The third-order valence-corrected chi connectivity index (χ3v) is 3.74. The Morgan fingerprint density at radius 2 is 1.50 bits per heavy atom. The van der Waals surface area contributed by atoms with Crippen LogP contribution >= 0.6 is 11.6 Å². The maximum Gasteiger partial charge on any atom is 0.139 e. The molecule has 0 radical (unpaired) electrons. The number of unbranched alkanes of at least 4 members (excludes halogenated alkanes) is 6. The van der Waals surface area contributed by atoms with E-state index in [0.717, 1.165) is 12.8 Å². The molecule has 0 aromatic rings. The summed E-state index contributed by atoms with van der Waals surface area (Å²) in [5, 5.41) is 0.0346. The summed E-state index contributed by atoms with van der Waals surface area (Å²) in [6.45, 7) is 8.14. The average Bonchev–Trinajstić information content (AvgIpc) is 2.26. The monoisotopic (exact) mass is 274 g/mol. The number of carbonyl (C=O) groups is 1. The summed E-state index contributed by atoms with van der Waals surface area (Å²) >= 11 is 6.22. The molecule has 1 atom stereocenters. The molecule has 0 aliphatic rings. The van der Waals surface area contributed by atoms with Crippen LogP contribution in [0.1, 0.15) is 85.5 Å². The van der Waals surface area contributed by atoms with Crippen LogP contribution in [0.5, 0.6) is 0 Å². The van der Waals surface area contributed by atoms with Crippen molar-refractivity contribution in [2.75, 3.05) is 0 Å². The molecule has 1 nitrogen and oxygen atoms in total. The molecule has 0 N–H and O–H groups in total. The molecule has 0 aromatic heterocycles. The van der Waals surface area contributed by atoms with Crippen molar-refractivity contribution in [2.24, 2.45) is 5.41 Å². The SMILES string of the molecule is CCCCCCCCCC(Cl)CC(=O)C(C)(C)C. The van der Waals surface area contributed by atoms with Crippen LogP contribution in [0.2, 0.25) is 0 Å². The summed E-state index contributed by atoms with van der Waals surface area (Å²) in [6, 6.07) is 0. The van der Waals surface area contributed by atoms with Crippen molar-refractivity contribution in [3.63, 3.8) is 0 Å². The lowest BCUT2D eigenvalue weighted by molar-refractivity contribution is -0.126. The van der Waals surface area contributed by atoms with E-state index in [-0.39, 0.29) is 16.6 Å². The van der Waals surface area contributed by atoms with Crippen molar-refractivity contribution < 1.29 is 4.79 Å². The zero-order valence-electron chi connectivity index (χ0n) is 12.7. The van der Waals surface area contributed by atoms with E-state index in [0.29, 0.717) is 6.42 Å². The molecule has 2 heteroatoms. The minimum Gasteiger partial charge on any atom is -0.299 e. The van der Waals surface area contributed by atoms with E-state index in [2.05, 4.69) is 6.92 Å². The number of hydrogen-bond acceptors (Lipinski definition) is 1. The summed E-state index contributed by atoms with van der Waals surface area (Å²) in [5.41, 5.74) is -0.243. The minimum absolute atomic E-state index is 0.0346. The second-order valence-electron chi connectivity index (χ2n) is 6.38. The highest BCUT2D eigenvalue weighted by atomic mass is 35.5. The van der Waals surface area contributed by atoms with Gasteiger partial charge in [-0.2, -0.15) is 0 Å². The third-order valence-electron chi connectivity index (χ3n) is 3.36. The number of ketones is 1. The average molecular weight is 275 g/mol. The van der Waals surface area contributed by atoms with Gasteiger partial charge in [-0.15, -0.1) is 11.6 Å². The lowest BCUT2D eigenvalue weighted by Crippen LogP contribution is -2.23. The number of Topliss-reactive ketones (excluding diaryl/α,β-unsaturated/α-hetero) is 1. The van der Waals surface area contributed by atoms with E-state index >= 15 is 0 Å². The van der Waals surface area contributed by atoms with Crippen LogP contribution in [0.15, 0.2) is 0 Å². The Morgan fingerprint density at radius 1 is 1.00 bits per heavy atom. The summed E-state index contributed by atoms with van der Waals surface area (Å²) in [6.07, 6.45) is 10.6. The molecular weight excluding hydrogens is 244 g/mol. The van der Waals surface area contributed by atoms with Crippen LogP contribution in [-0.4, -0.2) is 11.2 Å². The van der Waals surface area contributed by atoms with Gasteiger partial charge in [0.25, 0.3) is 0 Å². The summed E-state index contributed by atoms with van der Waals surface area (Å²) in [4.78, 5) is 11.8. The van der Waals surface area contributed by atoms with Gasteiger partial charge in [-0.05, 0) is 6.42 Å². The summed E-state index contributed by atoms with van der Waals surface area (Å²) in [7, 11) is 0. The Balaban J connectivity index is 3.48. The summed E-state index contributed by atoms with van der Waals surface area (Å²) < 4.78 is 0. The molecule has 1 unspecified atom stereocenters. The first kappa shape index (κ1) is 18.0. The molecule has 18 heavy (non-hydrogen) atoms. The standard InChI is InChI=1S/C16H31ClO/c1-5-6-7-8-9-10-11-12-14(17)13-15(18)16(2,3)4/h14H,5-13H2,1-4H3. The van der Waals surface area contributed by atoms with Gasteiger partial charge >= 0.3 is 0 Å². The zero-order valence-corrected chi connectivity index (χ0v) is 13.5. The molecule has 0 aromatic carbocycles. The summed E-state index contributed by atoms with van der Waals surface area (Å²) in [5.74, 6) is 0.283. The second-order valence-corrected chi connectivity index (χ2v) is 7.00. The molecule has 0 fully saturated rings. The van der Waals surface area contributed by atoms with Crippen LogP contribution in [0.25, 0.3) is 0 Å². The molecular formula is C16H31ClO. The van der Waals surface area contributed by atoms with E-state index in [1.54, 1.807) is 0 Å². The van der Waals surface area contributed by atoms with Gasteiger partial charge in [0.2, 0.25) is 0 Å².